The lowest BCUT2D eigenvalue weighted by Crippen LogP contribution is -2.23. The van der Waals surface area contributed by atoms with E-state index in [1.165, 1.54) is 18.4 Å². The molecule has 140 valence electrons. The Balaban J connectivity index is 1.94. The topological polar surface area (TPSA) is 111 Å². The van der Waals surface area contributed by atoms with Crippen LogP contribution in [-0.4, -0.2) is 21.4 Å². The van der Waals surface area contributed by atoms with Crippen LogP contribution in [-0.2, 0) is 10.2 Å². The third-order valence-corrected chi connectivity index (χ3v) is 5.10. The van der Waals surface area contributed by atoms with Gasteiger partial charge in [-0.1, -0.05) is 12.1 Å². The van der Waals surface area contributed by atoms with Gasteiger partial charge in [-0.05, 0) is 53.4 Å². The smallest absolute Gasteiger partial charge is 0.296 e. The number of hydrogen-bond donors (Lipinski definition) is 3. The monoisotopic (exact) mass is 403 g/mol. The molecule has 1 amide bonds. The molecule has 0 atom stereocenters. The first-order valence-corrected chi connectivity index (χ1v) is 10.2. The molecule has 0 saturated heterocycles. The van der Waals surface area contributed by atoms with Crippen LogP contribution in [0.4, 0.5) is 11.4 Å². The number of nitrogens with two attached hydrogens (primary N) is 1. The van der Waals surface area contributed by atoms with Crippen LogP contribution in [0.3, 0.4) is 0 Å². The van der Waals surface area contributed by atoms with E-state index < -0.39 is 16.1 Å². The van der Waals surface area contributed by atoms with Gasteiger partial charge in [0.25, 0.3) is 16.1 Å². The summed E-state index contributed by atoms with van der Waals surface area (Å²) in [6.07, 6.45) is 0. The van der Waals surface area contributed by atoms with Crippen molar-refractivity contribution in [3.63, 3.8) is 0 Å². The van der Waals surface area contributed by atoms with Gasteiger partial charge in [0.05, 0.1) is 18.5 Å². The number of ether oxygens (including phenoxy) is 1. The van der Waals surface area contributed by atoms with Crippen LogP contribution in [0.1, 0.15) is 10.4 Å². The average Bonchev–Trinajstić information content (AvgIpc) is 3.16. The molecule has 0 fully saturated rings. The zero-order valence-corrected chi connectivity index (χ0v) is 15.9. The minimum absolute atomic E-state index is 0.180. The van der Waals surface area contributed by atoms with Crippen LogP contribution in [0.5, 0.6) is 5.75 Å². The standard InChI is InChI=1S/C18H17N3O4S2/c1-25-14-7-4-12(5-8-14)18(22)20-16-11-13(17-3-2-10-26-17)6-9-15(16)21-27(19,23)24/h2-11,21H,1H3,(H,20,22)(H2,19,23,24). The molecule has 3 rings (SSSR count). The molecule has 27 heavy (non-hydrogen) atoms. The summed E-state index contributed by atoms with van der Waals surface area (Å²) in [5.74, 6) is 0.237. The maximum absolute atomic E-state index is 12.6. The van der Waals surface area contributed by atoms with Gasteiger partial charge in [-0.3, -0.25) is 9.52 Å². The molecule has 0 bridgehead atoms. The van der Waals surface area contributed by atoms with E-state index in [-0.39, 0.29) is 5.69 Å². The van der Waals surface area contributed by atoms with Crippen molar-refractivity contribution >= 4 is 38.8 Å². The molecule has 3 aromatic rings. The second-order valence-corrected chi connectivity index (χ2v) is 7.81. The van der Waals surface area contributed by atoms with Crippen LogP contribution in [0.25, 0.3) is 10.4 Å². The van der Waals surface area contributed by atoms with Gasteiger partial charge in [0, 0.05) is 10.4 Å². The normalized spacial score (nSPS) is 11.0. The van der Waals surface area contributed by atoms with Crippen molar-refractivity contribution in [1.82, 2.24) is 0 Å². The van der Waals surface area contributed by atoms with Crippen molar-refractivity contribution in [2.75, 3.05) is 17.1 Å². The predicted molar refractivity (Wildman–Crippen MR) is 107 cm³/mol. The number of thiophene rings is 1. The fourth-order valence-electron chi connectivity index (χ4n) is 2.42. The molecule has 0 aliphatic carbocycles. The van der Waals surface area contributed by atoms with E-state index in [9.17, 15) is 13.2 Å². The molecular weight excluding hydrogens is 386 g/mol. The molecule has 4 N–H and O–H groups in total. The van der Waals surface area contributed by atoms with Crippen molar-refractivity contribution < 1.29 is 17.9 Å². The highest BCUT2D eigenvalue weighted by atomic mass is 32.2. The summed E-state index contributed by atoms with van der Waals surface area (Å²) >= 11 is 1.53. The molecule has 0 aliphatic heterocycles. The molecule has 0 saturated carbocycles. The Morgan fingerprint density at radius 2 is 1.81 bits per heavy atom. The summed E-state index contributed by atoms with van der Waals surface area (Å²) in [7, 11) is -2.45. The number of carbonyl (C=O) groups excluding carboxylic acids is 1. The van der Waals surface area contributed by atoms with Gasteiger partial charge in [0.2, 0.25) is 0 Å². The van der Waals surface area contributed by atoms with Crippen molar-refractivity contribution in [1.29, 1.82) is 0 Å². The highest BCUT2D eigenvalue weighted by Gasteiger charge is 2.14. The number of nitrogens with one attached hydrogen (secondary N) is 2. The summed E-state index contributed by atoms with van der Waals surface area (Å²) in [6.45, 7) is 0. The third kappa shape index (κ3) is 4.85. The maximum Gasteiger partial charge on any atom is 0.296 e. The number of methoxy groups -OCH3 is 1. The van der Waals surface area contributed by atoms with Gasteiger partial charge in [0.15, 0.2) is 0 Å². The van der Waals surface area contributed by atoms with Crippen LogP contribution in [0.15, 0.2) is 60.0 Å². The Labute approximate surface area is 161 Å². The van der Waals surface area contributed by atoms with E-state index in [1.54, 1.807) is 42.5 Å². The number of rotatable bonds is 6. The van der Waals surface area contributed by atoms with E-state index in [4.69, 9.17) is 9.88 Å². The van der Waals surface area contributed by atoms with Crippen LogP contribution >= 0.6 is 11.3 Å². The Kier molecular flexibility index (Phi) is 5.45. The maximum atomic E-state index is 12.6. The highest BCUT2D eigenvalue weighted by Crippen LogP contribution is 2.32. The zero-order valence-electron chi connectivity index (χ0n) is 14.3. The molecule has 2 aromatic carbocycles. The van der Waals surface area contributed by atoms with Crippen LogP contribution < -0.4 is 19.9 Å². The SMILES string of the molecule is COc1ccc(C(=O)Nc2cc(-c3cccs3)ccc2NS(N)(=O)=O)cc1. The lowest BCUT2D eigenvalue weighted by molar-refractivity contribution is 0.102. The molecule has 0 unspecified atom stereocenters. The summed E-state index contributed by atoms with van der Waals surface area (Å²) < 4.78 is 30.2. The first-order valence-electron chi connectivity index (χ1n) is 7.79. The largest absolute Gasteiger partial charge is 0.497 e. The summed E-state index contributed by atoms with van der Waals surface area (Å²) in [5.41, 5.74) is 1.73. The average molecular weight is 403 g/mol. The number of hydrogen-bond acceptors (Lipinski definition) is 5. The second kappa shape index (κ2) is 7.78. The van der Waals surface area contributed by atoms with Gasteiger partial charge in [-0.2, -0.15) is 8.42 Å². The number of amides is 1. The lowest BCUT2D eigenvalue weighted by atomic mass is 10.1. The fraction of sp³-hybridized carbons (Fsp3) is 0.0556. The Hall–Kier alpha value is -2.88. The summed E-state index contributed by atoms with van der Waals surface area (Å²) in [5, 5.41) is 9.74. The minimum atomic E-state index is -3.99. The van der Waals surface area contributed by atoms with E-state index in [1.807, 2.05) is 17.5 Å². The fourth-order valence-corrected chi connectivity index (χ4v) is 3.63. The summed E-state index contributed by atoms with van der Waals surface area (Å²) in [6, 6.07) is 15.4. The lowest BCUT2D eigenvalue weighted by Gasteiger charge is -2.13. The van der Waals surface area contributed by atoms with Crippen LogP contribution in [0, 0.1) is 0 Å². The molecule has 0 radical (unpaired) electrons. The first-order chi connectivity index (χ1) is 12.9. The van der Waals surface area contributed by atoms with Crippen molar-refractivity contribution in [3.8, 4) is 16.2 Å². The van der Waals surface area contributed by atoms with Gasteiger partial charge >= 0.3 is 0 Å². The molecular formula is C18H17N3O4S2. The van der Waals surface area contributed by atoms with Crippen LogP contribution in [0.2, 0.25) is 0 Å². The van der Waals surface area contributed by atoms with Crippen molar-refractivity contribution in [3.05, 3.63) is 65.5 Å². The Bertz CT molecular complexity index is 1050. The van der Waals surface area contributed by atoms with E-state index in [2.05, 4.69) is 10.0 Å². The molecule has 1 aromatic heterocycles. The molecule has 9 heteroatoms. The minimum Gasteiger partial charge on any atom is -0.497 e. The second-order valence-electron chi connectivity index (χ2n) is 5.57. The molecule has 0 aliphatic rings. The van der Waals surface area contributed by atoms with Gasteiger partial charge in [-0.25, -0.2) is 5.14 Å². The number of anilines is 2. The molecule has 7 nitrogen and oxygen atoms in total. The zero-order chi connectivity index (χ0) is 19.4. The van der Waals surface area contributed by atoms with E-state index in [0.717, 1.165) is 10.4 Å². The van der Waals surface area contributed by atoms with Gasteiger partial charge in [0.1, 0.15) is 5.75 Å². The quantitative estimate of drug-likeness (QED) is 0.586. The first kappa shape index (κ1) is 18.9. The van der Waals surface area contributed by atoms with Gasteiger partial charge in [-0.15, -0.1) is 11.3 Å². The number of benzene rings is 2. The predicted octanol–water partition coefficient (Wildman–Crippen LogP) is 3.29. The summed E-state index contributed by atoms with van der Waals surface area (Å²) in [4.78, 5) is 13.6. The highest BCUT2D eigenvalue weighted by molar-refractivity contribution is 7.90. The third-order valence-electron chi connectivity index (χ3n) is 3.68. The van der Waals surface area contributed by atoms with Crippen molar-refractivity contribution in [2.45, 2.75) is 0 Å². The Morgan fingerprint density at radius 1 is 1.07 bits per heavy atom. The molecule has 1 heterocycles. The van der Waals surface area contributed by atoms with Crippen molar-refractivity contribution in [2.24, 2.45) is 5.14 Å². The van der Waals surface area contributed by atoms with E-state index in [0.29, 0.717) is 17.0 Å². The number of carbonyl (C=O) groups is 1. The molecule has 0 spiro atoms. The van der Waals surface area contributed by atoms with Gasteiger partial charge < -0.3 is 10.1 Å². The Morgan fingerprint density at radius 3 is 2.41 bits per heavy atom. The van der Waals surface area contributed by atoms with E-state index >= 15 is 0 Å².